The Morgan fingerprint density at radius 3 is 2.63 bits per heavy atom. The van der Waals surface area contributed by atoms with Crippen LogP contribution in [-0.2, 0) is 4.79 Å². The number of halogens is 1. The van der Waals surface area contributed by atoms with Gasteiger partial charge in [-0.05, 0) is 24.3 Å². The zero-order chi connectivity index (χ0) is 13.7. The zero-order valence-corrected chi connectivity index (χ0v) is 10.2. The van der Waals surface area contributed by atoms with Gasteiger partial charge in [-0.25, -0.2) is 4.39 Å². The molecule has 2 rings (SSSR count). The summed E-state index contributed by atoms with van der Waals surface area (Å²) < 4.78 is 24.2. The third-order valence-electron chi connectivity index (χ3n) is 2.43. The third-order valence-corrected chi connectivity index (χ3v) is 2.43. The van der Waals surface area contributed by atoms with Gasteiger partial charge >= 0.3 is 0 Å². The Kier molecular flexibility index (Phi) is 3.97. The highest BCUT2D eigenvalue weighted by Crippen LogP contribution is 2.28. The minimum Gasteiger partial charge on any atom is -0.497 e. The van der Waals surface area contributed by atoms with Gasteiger partial charge in [-0.2, -0.15) is 0 Å². The Labute approximate surface area is 109 Å². The standard InChI is InChI=1S/C14H12FNO3/c1-18-11-3-2-4-12(8-11)19-14-6-5-10(16-9-17)7-13(14)15/h2-9H,1H3,(H,16,17). The first-order valence-electron chi connectivity index (χ1n) is 5.54. The van der Waals surface area contributed by atoms with Crippen molar-refractivity contribution in [1.82, 2.24) is 0 Å². The van der Waals surface area contributed by atoms with Crippen LogP contribution in [0.15, 0.2) is 42.5 Å². The van der Waals surface area contributed by atoms with E-state index in [-0.39, 0.29) is 5.75 Å². The molecule has 98 valence electrons. The van der Waals surface area contributed by atoms with Gasteiger partial charge in [0.15, 0.2) is 11.6 Å². The molecule has 1 N–H and O–H groups in total. The normalized spacial score (nSPS) is 9.79. The number of carbonyl (C=O) groups excluding carboxylic acids is 1. The first kappa shape index (κ1) is 12.9. The fraction of sp³-hybridized carbons (Fsp3) is 0.0714. The number of amides is 1. The van der Waals surface area contributed by atoms with Gasteiger partial charge in [0.1, 0.15) is 11.5 Å². The fourth-order valence-corrected chi connectivity index (χ4v) is 1.53. The second-order valence-electron chi connectivity index (χ2n) is 3.69. The molecule has 0 unspecified atom stereocenters. The van der Waals surface area contributed by atoms with Crippen LogP contribution in [0, 0.1) is 5.82 Å². The quantitative estimate of drug-likeness (QED) is 0.841. The maximum absolute atomic E-state index is 13.7. The number of anilines is 1. The lowest BCUT2D eigenvalue weighted by Crippen LogP contribution is -1.95. The summed E-state index contributed by atoms with van der Waals surface area (Å²) in [7, 11) is 1.54. The SMILES string of the molecule is COc1cccc(Oc2ccc(NC=O)cc2F)c1. The molecule has 0 aliphatic carbocycles. The molecule has 2 aromatic rings. The van der Waals surface area contributed by atoms with Gasteiger partial charge in [-0.3, -0.25) is 4.79 Å². The van der Waals surface area contributed by atoms with E-state index in [1.807, 2.05) is 0 Å². The Morgan fingerprint density at radius 2 is 1.95 bits per heavy atom. The molecule has 0 radical (unpaired) electrons. The van der Waals surface area contributed by atoms with E-state index in [0.717, 1.165) is 0 Å². The molecule has 1 amide bonds. The van der Waals surface area contributed by atoms with Crippen LogP contribution in [-0.4, -0.2) is 13.5 Å². The number of hydrogen-bond acceptors (Lipinski definition) is 3. The predicted octanol–water partition coefficient (Wildman–Crippen LogP) is 3.19. The molecule has 4 nitrogen and oxygen atoms in total. The van der Waals surface area contributed by atoms with Crippen molar-refractivity contribution < 1.29 is 18.7 Å². The summed E-state index contributed by atoms with van der Waals surface area (Å²) in [5, 5.41) is 2.36. The minimum atomic E-state index is -0.560. The van der Waals surface area contributed by atoms with Gasteiger partial charge in [0.05, 0.1) is 7.11 Å². The van der Waals surface area contributed by atoms with Crippen molar-refractivity contribution in [3.63, 3.8) is 0 Å². The average Bonchev–Trinajstić information content (AvgIpc) is 2.42. The van der Waals surface area contributed by atoms with E-state index >= 15 is 0 Å². The molecule has 0 heterocycles. The van der Waals surface area contributed by atoms with Crippen LogP contribution in [0.25, 0.3) is 0 Å². The zero-order valence-electron chi connectivity index (χ0n) is 10.2. The van der Waals surface area contributed by atoms with E-state index < -0.39 is 5.82 Å². The molecule has 0 saturated carbocycles. The number of rotatable bonds is 5. The number of ether oxygens (including phenoxy) is 2. The highest BCUT2D eigenvalue weighted by molar-refractivity contribution is 5.71. The number of hydrogen-bond donors (Lipinski definition) is 1. The van der Waals surface area contributed by atoms with Gasteiger partial charge in [0, 0.05) is 17.8 Å². The first-order chi connectivity index (χ1) is 9.22. The maximum Gasteiger partial charge on any atom is 0.211 e. The molecule has 0 fully saturated rings. The van der Waals surface area contributed by atoms with Gasteiger partial charge < -0.3 is 14.8 Å². The maximum atomic E-state index is 13.7. The molecule has 19 heavy (non-hydrogen) atoms. The summed E-state index contributed by atoms with van der Waals surface area (Å²) >= 11 is 0. The van der Waals surface area contributed by atoms with Crippen molar-refractivity contribution in [2.24, 2.45) is 0 Å². The summed E-state index contributed by atoms with van der Waals surface area (Å²) in [6, 6.07) is 11.0. The lowest BCUT2D eigenvalue weighted by atomic mass is 10.3. The lowest BCUT2D eigenvalue weighted by Gasteiger charge is -2.09. The molecular formula is C14H12FNO3. The summed E-state index contributed by atoms with van der Waals surface area (Å²) in [6.07, 6.45) is 0.483. The Hall–Kier alpha value is -2.56. The monoisotopic (exact) mass is 261 g/mol. The first-order valence-corrected chi connectivity index (χ1v) is 5.54. The number of carbonyl (C=O) groups is 1. The van der Waals surface area contributed by atoms with Crippen LogP contribution in [0.1, 0.15) is 0 Å². The predicted molar refractivity (Wildman–Crippen MR) is 69.2 cm³/mol. The second kappa shape index (κ2) is 5.86. The summed E-state index contributed by atoms with van der Waals surface area (Å²) in [6.45, 7) is 0. The van der Waals surface area contributed by atoms with Gasteiger partial charge in [0.25, 0.3) is 0 Å². The van der Waals surface area contributed by atoms with Crippen LogP contribution in [0.3, 0.4) is 0 Å². The Bertz CT molecular complexity index is 587. The van der Waals surface area contributed by atoms with Crippen LogP contribution >= 0.6 is 0 Å². The molecule has 0 aromatic heterocycles. The van der Waals surface area contributed by atoms with Gasteiger partial charge in [0.2, 0.25) is 6.41 Å². The van der Waals surface area contributed by atoms with Crippen molar-refractivity contribution in [3.8, 4) is 17.2 Å². The van der Waals surface area contributed by atoms with Crippen molar-refractivity contribution >= 4 is 12.1 Å². The summed E-state index contributed by atoms with van der Waals surface area (Å²) in [5.41, 5.74) is 0.366. The van der Waals surface area contributed by atoms with E-state index in [2.05, 4.69) is 5.32 Å². The van der Waals surface area contributed by atoms with Crippen molar-refractivity contribution in [1.29, 1.82) is 0 Å². The van der Waals surface area contributed by atoms with Crippen LogP contribution in [0.2, 0.25) is 0 Å². The van der Waals surface area contributed by atoms with Gasteiger partial charge in [-0.15, -0.1) is 0 Å². The molecule has 0 saturated heterocycles. The molecule has 0 spiro atoms. The van der Waals surface area contributed by atoms with E-state index in [4.69, 9.17) is 9.47 Å². The molecule has 0 aliphatic rings. The highest BCUT2D eigenvalue weighted by Gasteiger charge is 2.06. The highest BCUT2D eigenvalue weighted by atomic mass is 19.1. The van der Waals surface area contributed by atoms with E-state index in [0.29, 0.717) is 23.6 Å². The molecular weight excluding hydrogens is 249 g/mol. The third kappa shape index (κ3) is 3.22. The molecule has 5 heteroatoms. The minimum absolute atomic E-state index is 0.0738. The van der Waals surface area contributed by atoms with E-state index in [1.54, 1.807) is 37.4 Å². The molecule has 0 atom stereocenters. The Balaban J connectivity index is 2.20. The van der Waals surface area contributed by atoms with Crippen molar-refractivity contribution in [2.45, 2.75) is 0 Å². The number of nitrogens with one attached hydrogen (secondary N) is 1. The van der Waals surface area contributed by atoms with Crippen LogP contribution in [0.4, 0.5) is 10.1 Å². The second-order valence-corrected chi connectivity index (χ2v) is 3.69. The summed E-state index contributed by atoms with van der Waals surface area (Å²) in [4.78, 5) is 10.3. The Morgan fingerprint density at radius 1 is 1.16 bits per heavy atom. The van der Waals surface area contributed by atoms with E-state index in [1.165, 1.54) is 12.1 Å². The van der Waals surface area contributed by atoms with Crippen LogP contribution in [0.5, 0.6) is 17.2 Å². The lowest BCUT2D eigenvalue weighted by molar-refractivity contribution is -0.105. The van der Waals surface area contributed by atoms with E-state index in [9.17, 15) is 9.18 Å². The number of methoxy groups -OCH3 is 1. The van der Waals surface area contributed by atoms with Crippen LogP contribution < -0.4 is 14.8 Å². The summed E-state index contributed by atoms with van der Waals surface area (Å²) in [5.74, 6) is 0.603. The number of benzene rings is 2. The molecule has 2 aromatic carbocycles. The topological polar surface area (TPSA) is 47.6 Å². The smallest absolute Gasteiger partial charge is 0.211 e. The van der Waals surface area contributed by atoms with Gasteiger partial charge in [-0.1, -0.05) is 6.07 Å². The van der Waals surface area contributed by atoms with Crippen molar-refractivity contribution in [3.05, 3.63) is 48.3 Å². The molecule has 0 aliphatic heterocycles. The average molecular weight is 261 g/mol. The fourth-order valence-electron chi connectivity index (χ4n) is 1.53. The van der Waals surface area contributed by atoms with Crippen molar-refractivity contribution in [2.75, 3.05) is 12.4 Å². The molecule has 0 bridgehead atoms. The largest absolute Gasteiger partial charge is 0.497 e.